The van der Waals surface area contributed by atoms with Gasteiger partial charge in [0.1, 0.15) is 5.69 Å². The van der Waals surface area contributed by atoms with Gasteiger partial charge in [-0.05, 0) is 19.1 Å². The second-order valence-corrected chi connectivity index (χ2v) is 3.46. The fourth-order valence-electron chi connectivity index (χ4n) is 1.06. The van der Waals surface area contributed by atoms with Crippen LogP contribution in [0.1, 0.15) is 17.4 Å². The molecule has 0 amide bonds. The van der Waals surface area contributed by atoms with Crippen molar-refractivity contribution in [2.75, 3.05) is 6.61 Å². The summed E-state index contributed by atoms with van der Waals surface area (Å²) in [5.74, 6) is -2.91. The summed E-state index contributed by atoms with van der Waals surface area (Å²) in [5, 5.41) is -1.59. The topological polar surface area (TPSA) is 73.3 Å². The normalized spacial score (nSPS) is 11.0. The van der Waals surface area contributed by atoms with Gasteiger partial charge in [0.05, 0.1) is 6.61 Å². The molecule has 0 spiro atoms. The standard InChI is InChI=1S/C11H10ClNO4.ClH/c1-2-17-11(16)10(15)8(12)9(14)7-5-3-4-6-13-7;/h3-6,8H,2H2,1H3;1H. The summed E-state index contributed by atoms with van der Waals surface area (Å²) in [5.41, 5.74) is 0.0325. The minimum Gasteiger partial charge on any atom is -0.460 e. The maximum Gasteiger partial charge on any atom is 0.376 e. The molecule has 0 saturated carbocycles. The van der Waals surface area contributed by atoms with E-state index in [1.54, 1.807) is 19.1 Å². The molecule has 98 valence electrons. The van der Waals surface area contributed by atoms with Crippen molar-refractivity contribution < 1.29 is 19.1 Å². The van der Waals surface area contributed by atoms with Crippen molar-refractivity contribution >= 4 is 41.5 Å². The Bertz CT molecular complexity index is 436. The van der Waals surface area contributed by atoms with Gasteiger partial charge in [-0.1, -0.05) is 6.07 Å². The Kier molecular flexibility index (Phi) is 7.16. The average molecular weight is 292 g/mol. The number of rotatable bonds is 5. The number of alkyl halides is 1. The number of Topliss-reactive ketones (excluding diaryl/α,β-unsaturated/α-hetero) is 2. The molecule has 18 heavy (non-hydrogen) atoms. The first kappa shape index (κ1) is 16.5. The molecule has 0 aliphatic carbocycles. The second kappa shape index (κ2) is 7.79. The van der Waals surface area contributed by atoms with Gasteiger partial charge in [-0.15, -0.1) is 24.0 Å². The Balaban J connectivity index is 0.00000289. The molecule has 1 rings (SSSR count). The number of carbonyl (C=O) groups excluding carboxylic acids is 3. The van der Waals surface area contributed by atoms with E-state index in [9.17, 15) is 14.4 Å². The maximum absolute atomic E-state index is 11.7. The van der Waals surface area contributed by atoms with Crippen LogP contribution in [0.4, 0.5) is 0 Å². The number of ketones is 2. The lowest BCUT2D eigenvalue weighted by Crippen LogP contribution is -2.32. The van der Waals surface area contributed by atoms with Crippen LogP contribution in [-0.2, 0) is 14.3 Å². The van der Waals surface area contributed by atoms with Crippen molar-refractivity contribution in [2.24, 2.45) is 0 Å². The molecule has 0 radical (unpaired) electrons. The van der Waals surface area contributed by atoms with Gasteiger partial charge in [-0.3, -0.25) is 14.6 Å². The van der Waals surface area contributed by atoms with Gasteiger partial charge in [0.25, 0.3) is 5.78 Å². The summed E-state index contributed by atoms with van der Waals surface area (Å²) in [6.07, 6.45) is 1.39. The first-order valence-electron chi connectivity index (χ1n) is 4.88. The highest BCUT2D eigenvalue weighted by atomic mass is 35.5. The van der Waals surface area contributed by atoms with Crippen LogP contribution in [0.2, 0.25) is 0 Å². The first-order chi connectivity index (χ1) is 8.07. The molecule has 0 fully saturated rings. The van der Waals surface area contributed by atoms with Crippen LogP contribution in [0.3, 0.4) is 0 Å². The number of esters is 1. The summed E-state index contributed by atoms with van der Waals surface area (Å²) in [6, 6.07) is 4.61. The maximum atomic E-state index is 11.7. The number of nitrogens with zero attached hydrogens (tertiary/aromatic N) is 1. The Hall–Kier alpha value is -1.46. The van der Waals surface area contributed by atoms with E-state index in [-0.39, 0.29) is 24.7 Å². The predicted octanol–water partition coefficient (Wildman–Crippen LogP) is 1.43. The van der Waals surface area contributed by atoms with Crippen molar-refractivity contribution in [2.45, 2.75) is 12.3 Å². The minimum atomic E-state index is -1.59. The average Bonchev–Trinajstić information content (AvgIpc) is 2.37. The number of pyridine rings is 1. The molecule has 0 aromatic carbocycles. The third-order valence-corrected chi connectivity index (χ3v) is 2.25. The van der Waals surface area contributed by atoms with Crippen LogP contribution in [0, 0.1) is 0 Å². The monoisotopic (exact) mass is 291 g/mol. The summed E-state index contributed by atoms with van der Waals surface area (Å²) in [6.45, 7) is 1.60. The zero-order valence-electron chi connectivity index (χ0n) is 9.46. The number of ether oxygens (including phenoxy) is 1. The molecule has 0 saturated heterocycles. The Morgan fingerprint density at radius 2 is 2.06 bits per heavy atom. The highest BCUT2D eigenvalue weighted by Crippen LogP contribution is 2.08. The van der Waals surface area contributed by atoms with Crippen molar-refractivity contribution in [1.29, 1.82) is 0 Å². The lowest BCUT2D eigenvalue weighted by atomic mass is 10.1. The molecule has 1 atom stereocenters. The van der Waals surface area contributed by atoms with Gasteiger partial charge < -0.3 is 4.74 Å². The summed E-state index contributed by atoms with van der Waals surface area (Å²) >= 11 is 5.61. The zero-order valence-corrected chi connectivity index (χ0v) is 11.0. The molecule has 0 aliphatic heterocycles. The molecule has 0 aliphatic rings. The van der Waals surface area contributed by atoms with Crippen LogP contribution in [0.15, 0.2) is 24.4 Å². The van der Waals surface area contributed by atoms with Crippen molar-refractivity contribution in [3.8, 4) is 0 Å². The van der Waals surface area contributed by atoms with Crippen LogP contribution in [0.25, 0.3) is 0 Å². The second-order valence-electron chi connectivity index (χ2n) is 3.03. The fourth-order valence-corrected chi connectivity index (χ4v) is 1.26. The zero-order chi connectivity index (χ0) is 12.8. The molecule has 0 bridgehead atoms. The molecular weight excluding hydrogens is 281 g/mol. The van der Waals surface area contributed by atoms with Crippen molar-refractivity contribution in [1.82, 2.24) is 4.98 Å². The fraction of sp³-hybridized carbons (Fsp3) is 0.273. The third kappa shape index (κ3) is 4.09. The number of hydrogen-bond donors (Lipinski definition) is 0. The van der Waals surface area contributed by atoms with Crippen LogP contribution < -0.4 is 0 Å². The van der Waals surface area contributed by atoms with E-state index in [0.29, 0.717) is 0 Å². The van der Waals surface area contributed by atoms with Gasteiger partial charge in [0, 0.05) is 6.20 Å². The van der Waals surface area contributed by atoms with E-state index in [4.69, 9.17) is 11.6 Å². The predicted molar refractivity (Wildman–Crippen MR) is 67.1 cm³/mol. The molecule has 7 heteroatoms. The van der Waals surface area contributed by atoms with Gasteiger partial charge in [0.2, 0.25) is 5.78 Å². The quantitative estimate of drug-likeness (QED) is 0.270. The van der Waals surface area contributed by atoms with Crippen molar-refractivity contribution in [3.05, 3.63) is 30.1 Å². The molecule has 5 nitrogen and oxygen atoms in total. The van der Waals surface area contributed by atoms with Gasteiger partial charge >= 0.3 is 5.97 Å². The highest BCUT2D eigenvalue weighted by Gasteiger charge is 2.31. The molecule has 1 unspecified atom stereocenters. The largest absolute Gasteiger partial charge is 0.460 e. The molecule has 1 aromatic rings. The van der Waals surface area contributed by atoms with Crippen LogP contribution in [0.5, 0.6) is 0 Å². The number of hydrogen-bond acceptors (Lipinski definition) is 5. The number of carbonyl (C=O) groups is 3. The van der Waals surface area contributed by atoms with E-state index in [1.807, 2.05) is 0 Å². The SMILES string of the molecule is CCOC(=O)C(=O)C(Cl)C(=O)c1ccccn1.Cl. The Morgan fingerprint density at radius 3 is 2.56 bits per heavy atom. The molecule has 1 heterocycles. The van der Waals surface area contributed by atoms with E-state index < -0.39 is 22.9 Å². The smallest absolute Gasteiger partial charge is 0.376 e. The molecular formula is C11H11Cl2NO4. The summed E-state index contributed by atoms with van der Waals surface area (Å²) in [4.78, 5) is 37.9. The van der Waals surface area contributed by atoms with Gasteiger partial charge in [-0.2, -0.15) is 0 Å². The lowest BCUT2D eigenvalue weighted by Gasteiger charge is -2.06. The van der Waals surface area contributed by atoms with E-state index in [1.165, 1.54) is 12.3 Å². The summed E-state index contributed by atoms with van der Waals surface area (Å²) in [7, 11) is 0. The minimum absolute atomic E-state index is 0. The van der Waals surface area contributed by atoms with Gasteiger partial charge in [-0.25, -0.2) is 4.79 Å². The molecule has 1 aromatic heterocycles. The Morgan fingerprint density at radius 1 is 1.39 bits per heavy atom. The highest BCUT2D eigenvalue weighted by molar-refractivity contribution is 6.55. The number of halogens is 2. The third-order valence-electron chi connectivity index (χ3n) is 1.85. The number of aromatic nitrogens is 1. The van der Waals surface area contributed by atoms with Crippen LogP contribution in [-0.4, -0.2) is 34.5 Å². The van der Waals surface area contributed by atoms with Crippen LogP contribution >= 0.6 is 24.0 Å². The summed E-state index contributed by atoms with van der Waals surface area (Å²) < 4.78 is 4.47. The van der Waals surface area contributed by atoms with E-state index >= 15 is 0 Å². The van der Waals surface area contributed by atoms with Crippen molar-refractivity contribution in [3.63, 3.8) is 0 Å². The van der Waals surface area contributed by atoms with E-state index in [2.05, 4.69) is 9.72 Å². The van der Waals surface area contributed by atoms with E-state index in [0.717, 1.165) is 0 Å². The lowest BCUT2D eigenvalue weighted by molar-refractivity contribution is -0.153. The first-order valence-corrected chi connectivity index (χ1v) is 5.31. The van der Waals surface area contributed by atoms with Gasteiger partial charge in [0.15, 0.2) is 5.38 Å². The Labute approximate surface area is 115 Å². The molecule has 0 N–H and O–H groups in total.